The molecule has 2 aromatic carbocycles. The van der Waals surface area contributed by atoms with Gasteiger partial charge in [0.15, 0.2) is 6.23 Å². The molecule has 0 heterocycles. The highest BCUT2D eigenvalue weighted by atomic mass is 35.5. The van der Waals surface area contributed by atoms with E-state index < -0.39 is 6.23 Å². The second-order valence-corrected chi connectivity index (χ2v) is 5.69. The zero-order valence-corrected chi connectivity index (χ0v) is 14.1. The molecule has 5 nitrogen and oxygen atoms in total. The van der Waals surface area contributed by atoms with Crippen molar-refractivity contribution >= 4 is 29.0 Å². The van der Waals surface area contributed by atoms with Gasteiger partial charge in [-0.1, -0.05) is 17.7 Å². The van der Waals surface area contributed by atoms with Crippen molar-refractivity contribution in [1.82, 2.24) is 5.32 Å². The molecule has 0 saturated carbocycles. The smallest absolute Gasteiger partial charge is 0.322 e. The molecule has 6 heteroatoms. The van der Waals surface area contributed by atoms with Crippen LogP contribution >= 0.6 is 11.6 Å². The lowest BCUT2D eigenvalue weighted by Gasteiger charge is -2.18. The Labute approximate surface area is 141 Å². The van der Waals surface area contributed by atoms with Crippen molar-refractivity contribution < 1.29 is 9.53 Å². The van der Waals surface area contributed by atoms with Crippen LogP contribution in [0.1, 0.15) is 6.92 Å². The number of carbonyl (C=O) groups is 1. The van der Waals surface area contributed by atoms with Gasteiger partial charge in [-0.05, 0) is 49.4 Å². The summed E-state index contributed by atoms with van der Waals surface area (Å²) < 4.78 is 5.60. The summed E-state index contributed by atoms with van der Waals surface area (Å²) in [5.74, 6) is 0.636. The van der Waals surface area contributed by atoms with Crippen LogP contribution in [0.4, 0.5) is 16.2 Å². The fourth-order valence-corrected chi connectivity index (χ4v) is 2.09. The molecule has 0 aliphatic carbocycles. The first-order chi connectivity index (χ1) is 10.9. The number of urea groups is 1. The molecule has 0 spiro atoms. The number of hydrogen-bond acceptors (Lipinski definition) is 3. The maximum Gasteiger partial charge on any atom is 0.322 e. The minimum absolute atomic E-state index is 0.331. The van der Waals surface area contributed by atoms with E-state index in [1.807, 2.05) is 43.3 Å². The molecule has 122 valence electrons. The van der Waals surface area contributed by atoms with Crippen LogP contribution in [0, 0.1) is 0 Å². The Kier molecular flexibility index (Phi) is 5.71. The molecule has 0 bridgehead atoms. The predicted octanol–water partition coefficient (Wildman–Crippen LogP) is 3.95. The normalized spacial score (nSPS) is 11.5. The number of hydrogen-bond donors (Lipinski definition) is 2. The fraction of sp³-hybridized carbons (Fsp3) is 0.235. The number of benzene rings is 2. The lowest BCUT2D eigenvalue weighted by molar-refractivity contribution is 0.183. The van der Waals surface area contributed by atoms with Gasteiger partial charge in [0.2, 0.25) is 0 Å². The van der Waals surface area contributed by atoms with E-state index >= 15 is 0 Å². The van der Waals surface area contributed by atoms with Crippen molar-refractivity contribution in [2.45, 2.75) is 13.2 Å². The minimum atomic E-state index is -0.479. The van der Waals surface area contributed by atoms with E-state index in [2.05, 4.69) is 10.6 Å². The molecule has 0 aliphatic rings. The van der Waals surface area contributed by atoms with Gasteiger partial charge in [-0.2, -0.15) is 0 Å². The molecule has 2 amide bonds. The third-order valence-corrected chi connectivity index (χ3v) is 3.33. The number of rotatable bonds is 5. The van der Waals surface area contributed by atoms with Crippen LogP contribution in [-0.4, -0.2) is 26.4 Å². The van der Waals surface area contributed by atoms with E-state index in [0.717, 1.165) is 5.69 Å². The van der Waals surface area contributed by atoms with Crippen molar-refractivity contribution in [3.63, 3.8) is 0 Å². The number of nitrogens with one attached hydrogen (secondary N) is 2. The first-order valence-corrected chi connectivity index (χ1v) is 7.59. The van der Waals surface area contributed by atoms with Gasteiger partial charge in [0.1, 0.15) is 5.75 Å². The number of halogens is 1. The molecule has 1 unspecified atom stereocenters. The summed E-state index contributed by atoms with van der Waals surface area (Å²) >= 11 is 5.82. The Morgan fingerprint density at radius 2 is 1.87 bits per heavy atom. The monoisotopic (exact) mass is 333 g/mol. The highest BCUT2D eigenvalue weighted by molar-refractivity contribution is 6.30. The van der Waals surface area contributed by atoms with Crippen LogP contribution < -0.4 is 20.3 Å². The summed E-state index contributed by atoms with van der Waals surface area (Å²) in [6.45, 7) is 1.75. The van der Waals surface area contributed by atoms with Gasteiger partial charge in [-0.25, -0.2) is 4.79 Å². The molecule has 2 aromatic rings. The predicted molar refractivity (Wildman–Crippen MR) is 94.5 cm³/mol. The number of anilines is 2. The zero-order valence-electron chi connectivity index (χ0n) is 13.3. The average molecular weight is 334 g/mol. The largest absolute Gasteiger partial charge is 0.471 e. The molecular weight excluding hydrogens is 314 g/mol. The van der Waals surface area contributed by atoms with Crippen molar-refractivity contribution in [2.75, 3.05) is 24.3 Å². The van der Waals surface area contributed by atoms with E-state index in [4.69, 9.17) is 16.3 Å². The number of carbonyl (C=O) groups excluding carboxylic acids is 1. The summed E-state index contributed by atoms with van der Waals surface area (Å²) in [6.07, 6.45) is -0.479. The Hall–Kier alpha value is -2.40. The Morgan fingerprint density at radius 1 is 1.17 bits per heavy atom. The molecule has 23 heavy (non-hydrogen) atoms. The molecule has 2 N–H and O–H groups in total. The SMILES string of the molecule is CC(NC(=O)Nc1cccc(N(C)C)c1)Oc1ccc(Cl)cc1. The van der Waals surface area contributed by atoms with Gasteiger partial charge in [-0.3, -0.25) is 0 Å². The lowest BCUT2D eigenvalue weighted by Crippen LogP contribution is -2.39. The quantitative estimate of drug-likeness (QED) is 0.814. The second kappa shape index (κ2) is 7.74. The highest BCUT2D eigenvalue weighted by Crippen LogP contribution is 2.18. The van der Waals surface area contributed by atoms with Gasteiger partial charge in [-0.15, -0.1) is 0 Å². The van der Waals surface area contributed by atoms with Gasteiger partial charge < -0.3 is 20.3 Å². The number of ether oxygens (including phenoxy) is 1. The van der Waals surface area contributed by atoms with Crippen LogP contribution in [-0.2, 0) is 0 Å². The molecule has 0 saturated heterocycles. The van der Waals surface area contributed by atoms with Crippen LogP contribution in [0.3, 0.4) is 0 Å². The summed E-state index contributed by atoms with van der Waals surface area (Å²) in [6, 6.07) is 14.2. The minimum Gasteiger partial charge on any atom is -0.471 e. The number of nitrogens with zero attached hydrogens (tertiary/aromatic N) is 1. The first kappa shape index (κ1) is 17.0. The van der Waals surface area contributed by atoms with E-state index in [0.29, 0.717) is 16.5 Å². The molecule has 2 rings (SSSR count). The Bertz CT molecular complexity index is 659. The molecule has 0 aromatic heterocycles. The van der Waals surface area contributed by atoms with E-state index in [9.17, 15) is 4.79 Å². The summed E-state index contributed by atoms with van der Waals surface area (Å²) in [7, 11) is 3.89. The lowest BCUT2D eigenvalue weighted by atomic mass is 10.2. The van der Waals surface area contributed by atoms with Gasteiger partial charge in [0.05, 0.1) is 0 Å². The van der Waals surface area contributed by atoms with Crippen LogP contribution in [0.5, 0.6) is 5.75 Å². The third kappa shape index (κ3) is 5.38. The van der Waals surface area contributed by atoms with Crippen LogP contribution in [0.15, 0.2) is 48.5 Å². The van der Waals surface area contributed by atoms with Gasteiger partial charge >= 0.3 is 6.03 Å². The number of amides is 2. The van der Waals surface area contributed by atoms with Crippen LogP contribution in [0.2, 0.25) is 5.02 Å². The molecule has 0 radical (unpaired) electrons. The standard InChI is InChI=1S/C17H20ClN3O2/c1-12(23-16-9-7-13(18)8-10-16)19-17(22)20-14-5-4-6-15(11-14)21(2)3/h4-12H,1-3H3,(H2,19,20,22). The fourth-order valence-electron chi connectivity index (χ4n) is 1.96. The van der Waals surface area contributed by atoms with E-state index in [-0.39, 0.29) is 6.03 Å². The van der Waals surface area contributed by atoms with Crippen molar-refractivity contribution in [3.05, 3.63) is 53.6 Å². The summed E-state index contributed by atoms with van der Waals surface area (Å²) in [5, 5.41) is 6.14. The van der Waals surface area contributed by atoms with Crippen LogP contribution in [0.25, 0.3) is 0 Å². The highest BCUT2D eigenvalue weighted by Gasteiger charge is 2.09. The summed E-state index contributed by atoms with van der Waals surface area (Å²) in [5.41, 5.74) is 1.72. The zero-order chi connectivity index (χ0) is 16.8. The maximum atomic E-state index is 12.0. The van der Waals surface area contributed by atoms with Gasteiger partial charge in [0.25, 0.3) is 0 Å². The van der Waals surface area contributed by atoms with Crippen molar-refractivity contribution in [2.24, 2.45) is 0 Å². The Morgan fingerprint density at radius 3 is 2.52 bits per heavy atom. The molecule has 0 fully saturated rings. The second-order valence-electron chi connectivity index (χ2n) is 5.26. The molecule has 1 atom stereocenters. The molecule has 0 aliphatic heterocycles. The average Bonchev–Trinajstić information content (AvgIpc) is 2.49. The van der Waals surface area contributed by atoms with Crippen molar-refractivity contribution in [3.8, 4) is 5.75 Å². The Balaban J connectivity index is 1.88. The van der Waals surface area contributed by atoms with Gasteiger partial charge in [0, 0.05) is 30.5 Å². The topological polar surface area (TPSA) is 53.6 Å². The maximum absolute atomic E-state index is 12.0. The third-order valence-electron chi connectivity index (χ3n) is 3.08. The molecular formula is C17H20ClN3O2. The summed E-state index contributed by atoms with van der Waals surface area (Å²) in [4.78, 5) is 14.0. The van der Waals surface area contributed by atoms with E-state index in [1.165, 1.54) is 0 Å². The van der Waals surface area contributed by atoms with Crippen molar-refractivity contribution in [1.29, 1.82) is 0 Å². The first-order valence-electron chi connectivity index (χ1n) is 7.21. The van der Waals surface area contributed by atoms with E-state index in [1.54, 1.807) is 31.2 Å².